The van der Waals surface area contributed by atoms with Crippen LogP contribution in [0.15, 0.2) is 54.7 Å². The van der Waals surface area contributed by atoms with Gasteiger partial charge < -0.3 is 20.3 Å². The third-order valence-electron chi connectivity index (χ3n) is 9.39. The molecule has 1 aliphatic carbocycles. The lowest BCUT2D eigenvalue weighted by molar-refractivity contribution is -0.130. The van der Waals surface area contributed by atoms with Crippen molar-refractivity contribution in [3.05, 3.63) is 99.1 Å². The van der Waals surface area contributed by atoms with Gasteiger partial charge in [-0.3, -0.25) is 14.7 Å². The molecule has 2 aliphatic heterocycles. The predicted molar refractivity (Wildman–Crippen MR) is 157 cm³/mol. The van der Waals surface area contributed by atoms with E-state index in [1.54, 1.807) is 49.4 Å². The number of aliphatic hydroxyl groups excluding tert-OH is 1. The van der Waals surface area contributed by atoms with Gasteiger partial charge in [-0.05, 0) is 93.6 Å². The van der Waals surface area contributed by atoms with Crippen molar-refractivity contribution in [2.75, 3.05) is 26.3 Å². The van der Waals surface area contributed by atoms with Gasteiger partial charge in [-0.15, -0.1) is 0 Å². The highest BCUT2D eigenvalue weighted by molar-refractivity contribution is 6.30. The lowest BCUT2D eigenvalue weighted by Crippen LogP contribution is -2.48. The maximum Gasteiger partial charge on any atom is 0.257 e. The Labute approximate surface area is 255 Å². The van der Waals surface area contributed by atoms with Crippen LogP contribution in [0.4, 0.5) is 4.39 Å². The molecule has 3 heterocycles. The predicted octanol–water partition coefficient (Wildman–Crippen LogP) is 4.60. The third kappa shape index (κ3) is 5.22. The van der Waals surface area contributed by atoms with Gasteiger partial charge in [0.25, 0.3) is 5.91 Å². The number of nitriles is 1. The molecule has 1 amide bonds. The molecule has 2 atom stereocenters. The monoisotopic (exact) mass is 604 g/mol. The summed E-state index contributed by atoms with van der Waals surface area (Å²) >= 11 is 6.25. The smallest absolute Gasteiger partial charge is 0.257 e. The Bertz CT molecular complexity index is 1560. The standard InChI is InChI=1S/C33H34ClFN4O4/c1-31(42,22-8-12-37-13-9-22)24-14-27-29(28(35)15-24)33(23-3-5-25(34)6-4-23,43-20-32(19-40)10-11-32)39(30(27)41)18-26-7-2-21(16-36)17-38-26/h2-7,14-15,17,22,37,40,42H,8-13,18-20H2,1H3. The number of rotatable bonds is 9. The number of benzene rings is 2. The highest BCUT2D eigenvalue weighted by Gasteiger charge is 2.57. The number of nitrogens with zero attached hydrogens (tertiary/aromatic N) is 3. The molecule has 3 N–H and O–H groups in total. The fraction of sp³-hybridized carbons (Fsp3) is 0.424. The van der Waals surface area contributed by atoms with Crippen molar-refractivity contribution >= 4 is 17.5 Å². The minimum atomic E-state index is -1.71. The summed E-state index contributed by atoms with van der Waals surface area (Å²) in [6.07, 6.45) is 4.36. The number of ether oxygens (including phenoxy) is 1. The maximum absolute atomic E-state index is 16.7. The molecule has 1 saturated heterocycles. The van der Waals surface area contributed by atoms with Crippen LogP contribution < -0.4 is 5.32 Å². The van der Waals surface area contributed by atoms with Crippen molar-refractivity contribution in [3.63, 3.8) is 0 Å². The van der Waals surface area contributed by atoms with Crippen LogP contribution in [0.3, 0.4) is 0 Å². The second kappa shape index (κ2) is 11.3. The van der Waals surface area contributed by atoms with Crippen LogP contribution >= 0.6 is 11.6 Å². The number of halogens is 2. The average Bonchev–Trinajstić information content (AvgIpc) is 3.77. The first-order valence-electron chi connectivity index (χ1n) is 14.6. The molecule has 3 aromatic rings. The summed E-state index contributed by atoms with van der Waals surface area (Å²) in [6.45, 7) is 3.13. The number of carbonyl (C=O) groups is 1. The Kier molecular flexibility index (Phi) is 7.78. The van der Waals surface area contributed by atoms with Gasteiger partial charge in [-0.1, -0.05) is 23.7 Å². The first kappa shape index (κ1) is 29.7. The summed E-state index contributed by atoms with van der Waals surface area (Å²) in [7, 11) is 0. The van der Waals surface area contributed by atoms with Gasteiger partial charge in [0.05, 0.1) is 47.7 Å². The molecule has 6 rings (SSSR count). The van der Waals surface area contributed by atoms with Crippen molar-refractivity contribution < 1.29 is 24.1 Å². The molecular formula is C33H34ClFN4O4. The zero-order valence-corrected chi connectivity index (χ0v) is 24.7. The number of hydrogen-bond donors (Lipinski definition) is 3. The van der Waals surface area contributed by atoms with E-state index in [2.05, 4.69) is 10.3 Å². The summed E-state index contributed by atoms with van der Waals surface area (Å²) in [5.41, 5.74) is -1.72. The molecule has 2 fully saturated rings. The first-order chi connectivity index (χ1) is 20.6. The number of nitrogens with one attached hydrogen (secondary N) is 1. The van der Waals surface area contributed by atoms with E-state index in [-0.39, 0.29) is 36.8 Å². The zero-order chi connectivity index (χ0) is 30.4. The molecule has 2 aromatic carbocycles. The van der Waals surface area contributed by atoms with Gasteiger partial charge in [0, 0.05) is 22.2 Å². The van der Waals surface area contributed by atoms with Gasteiger partial charge in [0.15, 0.2) is 5.72 Å². The molecule has 43 heavy (non-hydrogen) atoms. The Morgan fingerprint density at radius 1 is 1.21 bits per heavy atom. The van der Waals surface area contributed by atoms with Gasteiger partial charge in [0.1, 0.15) is 11.9 Å². The Hall–Kier alpha value is -3.39. The number of carbonyl (C=O) groups excluding carboxylic acids is 1. The van der Waals surface area contributed by atoms with Crippen LogP contribution in [-0.4, -0.2) is 52.3 Å². The summed E-state index contributed by atoms with van der Waals surface area (Å²) in [4.78, 5) is 20.3. The molecule has 0 radical (unpaired) electrons. The van der Waals surface area contributed by atoms with Crippen molar-refractivity contribution in [2.45, 2.75) is 50.5 Å². The van der Waals surface area contributed by atoms with E-state index in [1.165, 1.54) is 17.2 Å². The molecule has 1 aromatic heterocycles. The first-order valence-corrected chi connectivity index (χ1v) is 15.0. The van der Waals surface area contributed by atoms with Crippen molar-refractivity contribution in [1.82, 2.24) is 15.2 Å². The lowest BCUT2D eigenvalue weighted by Gasteiger charge is -2.40. The van der Waals surface area contributed by atoms with Gasteiger partial charge in [-0.25, -0.2) is 4.39 Å². The van der Waals surface area contributed by atoms with Gasteiger partial charge in [-0.2, -0.15) is 5.26 Å². The second-order valence-corrected chi connectivity index (χ2v) is 12.6. The highest BCUT2D eigenvalue weighted by Crippen LogP contribution is 2.52. The fourth-order valence-corrected chi connectivity index (χ4v) is 6.50. The summed E-state index contributed by atoms with van der Waals surface area (Å²) in [6, 6.07) is 15.0. The molecule has 8 nitrogen and oxygen atoms in total. The number of hydrogen-bond acceptors (Lipinski definition) is 7. The van der Waals surface area contributed by atoms with E-state index >= 15 is 4.39 Å². The number of aromatic nitrogens is 1. The Morgan fingerprint density at radius 3 is 2.53 bits per heavy atom. The van der Waals surface area contributed by atoms with E-state index in [4.69, 9.17) is 16.3 Å². The molecule has 1 saturated carbocycles. The quantitative estimate of drug-likeness (QED) is 0.327. The molecule has 2 unspecified atom stereocenters. The fourth-order valence-electron chi connectivity index (χ4n) is 6.38. The van der Waals surface area contributed by atoms with E-state index in [0.29, 0.717) is 27.4 Å². The van der Waals surface area contributed by atoms with Crippen molar-refractivity contribution in [2.24, 2.45) is 11.3 Å². The summed E-state index contributed by atoms with van der Waals surface area (Å²) < 4.78 is 23.4. The van der Waals surface area contributed by atoms with Crippen LogP contribution in [0.2, 0.25) is 5.02 Å². The third-order valence-corrected chi connectivity index (χ3v) is 9.64. The number of piperidine rings is 1. The second-order valence-electron chi connectivity index (χ2n) is 12.2. The zero-order valence-electron chi connectivity index (χ0n) is 23.9. The van der Waals surface area contributed by atoms with Crippen LogP contribution in [-0.2, 0) is 22.6 Å². The van der Waals surface area contributed by atoms with Crippen LogP contribution in [0.1, 0.15) is 70.9 Å². The number of pyridine rings is 1. The summed E-state index contributed by atoms with van der Waals surface area (Å²) in [5.74, 6) is -1.26. The van der Waals surface area contributed by atoms with Crippen molar-refractivity contribution in [1.29, 1.82) is 5.26 Å². The van der Waals surface area contributed by atoms with E-state index in [1.807, 2.05) is 6.07 Å². The molecule has 3 aliphatic rings. The summed E-state index contributed by atoms with van der Waals surface area (Å²) in [5, 5.41) is 34.8. The van der Waals surface area contributed by atoms with E-state index in [0.717, 1.165) is 38.8 Å². The minimum Gasteiger partial charge on any atom is -0.396 e. The normalized spacial score (nSPS) is 22.6. The number of fused-ring (bicyclic) bond motifs is 1. The van der Waals surface area contributed by atoms with Gasteiger partial charge in [0.2, 0.25) is 0 Å². The lowest BCUT2D eigenvalue weighted by atomic mass is 9.76. The topological polar surface area (TPSA) is 119 Å². The number of amides is 1. The molecule has 224 valence electrons. The molecule has 0 spiro atoms. The van der Waals surface area contributed by atoms with Crippen LogP contribution in [0, 0.1) is 28.5 Å². The minimum absolute atomic E-state index is 0.0482. The maximum atomic E-state index is 16.7. The van der Waals surface area contributed by atoms with E-state index in [9.17, 15) is 20.3 Å². The molecule has 10 heteroatoms. The Morgan fingerprint density at radius 2 is 1.93 bits per heavy atom. The van der Waals surface area contributed by atoms with Crippen molar-refractivity contribution in [3.8, 4) is 6.07 Å². The van der Waals surface area contributed by atoms with Crippen LogP contribution in [0.25, 0.3) is 0 Å². The number of aliphatic hydroxyl groups is 2. The Balaban J connectivity index is 1.53. The largest absolute Gasteiger partial charge is 0.396 e. The molecule has 0 bridgehead atoms. The SMILES string of the molecule is CC(O)(c1cc(F)c2c(c1)C(=O)N(Cc1ccc(C#N)cn1)C2(OCC1(CO)CC1)c1ccc(Cl)cc1)C1CCNCC1. The van der Waals surface area contributed by atoms with Gasteiger partial charge >= 0.3 is 0 Å². The van der Waals surface area contributed by atoms with Crippen LogP contribution in [0.5, 0.6) is 0 Å². The van der Waals surface area contributed by atoms with E-state index < -0.39 is 28.5 Å². The highest BCUT2D eigenvalue weighted by atomic mass is 35.5. The molecular weight excluding hydrogens is 571 g/mol. The average molecular weight is 605 g/mol.